The minimum absolute atomic E-state index is 0. The number of carbonyl (C=O) groups is 1. The fourth-order valence-corrected chi connectivity index (χ4v) is 2.44. The second-order valence-corrected chi connectivity index (χ2v) is 6.39. The average molecular weight is 329 g/mol. The molecule has 16 heavy (non-hydrogen) atoms. The number of ether oxygens (including phenoxy) is 1. The molecule has 0 fully saturated rings. The van der Waals surface area contributed by atoms with Gasteiger partial charge in [0.25, 0.3) is 0 Å². The van der Waals surface area contributed by atoms with Crippen molar-refractivity contribution in [2.75, 3.05) is 19.1 Å². The van der Waals surface area contributed by atoms with Crippen LogP contribution in [0.3, 0.4) is 0 Å². The lowest BCUT2D eigenvalue weighted by Crippen LogP contribution is -2.04. The highest BCUT2D eigenvalue weighted by Gasteiger charge is 2.11. The highest BCUT2D eigenvalue weighted by Crippen LogP contribution is 2.20. The lowest BCUT2D eigenvalue weighted by atomic mass is 10.5. The minimum atomic E-state index is -2.23. The van der Waals surface area contributed by atoms with Crippen LogP contribution in [0.25, 0.3) is 0 Å². The summed E-state index contributed by atoms with van der Waals surface area (Å²) in [4.78, 5) is 15.1. The summed E-state index contributed by atoms with van der Waals surface area (Å²) in [5, 5.41) is 1.88. The van der Waals surface area contributed by atoms with Gasteiger partial charge in [0, 0.05) is 27.6 Å². The lowest BCUT2D eigenvalue weighted by Gasteiger charge is -1.95. The summed E-state index contributed by atoms with van der Waals surface area (Å²) in [6.07, 6.45) is 3.02. The van der Waals surface area contributed by atoms with Gasteiger partial charge in [0.2, 0.25) is 5.13 Å². The van der Waals surface area contributed by atoms with Crippen molar-refractivity contribution in [3.8, 4) is 0 Å². The Morgan fingerprint density at radius 2 is 2.25 bits per heavy atom. The summed E-state index contributed by atoms with van der Waals surface area (Å²) in [7, 11) is -2.23. The fourth-order valence-electron chi connectivity index (χ4n) is 0.793. The molecule has 8 heteroatoms. The zero-order chi connectivity index (χ0) is 11.5. The molecule has 0 aliphatic rings. The predicted molar refractivity (Wildman–Crippen MR) is 70.5 cm³/mol. The number of aromatic nitrogens is 1. The summed E-state index contributed by atoms with van der Waals surface area (Å²) < 4.78 is 20.0. The first-order valence-corrected chi connectivity index (χ1v) is 7.43. The fraction of sp³-hybridized carbons (Fsp3) is 0.500. The third-order valence-electron chi connectivity index (χ3n) is 1.27. The van der Waals surface area contributed by atoms with Gasteiger partial charge in [-0.05, 0) is 6.92 Å². The molecule has 0 radical (unpaired) electrons. The van der Waals surface area contributed by atoms with E-state index < -0.39 is 15.7 Å². The SMILES string of the molecule is Br.CCOC(=O)c1csc(N=S(C)(C)=O)n1. The van der Waals surface area contributed by atoms with Crippen molar-refractivity contribution in [3.05, 3.63) is 11.1 Å². The van der Waals surface area contributed by atoms with Crippen LogP contribution in [0, 0.1) is 0 Å². The van der Waals surface area contributed by atoms with Crippen molar-refractivity contribution < 1.29 is 13.7 Å². The molecule has 0 saturated carbocycles. The van der Waals surface area contributed by atoms with Crippen LogP contribution in [0.2, 0.25) is 0 Å². The van der Waals surface area contributed by atoms with Crippen molar-refractivity contribution in [2.45, 2.75) is 6.92 Å². The Kier molecular flexibility index (Phi) is 6.13. The first kappa shape index (κ1) is 15.5. The second kappa shape index (κ2) is 6.31. The van der Waals surface area contributed by atoms with Gasteiger partial charge in [-0.15, -0.1) is 28.3 Å². The van der Waals surface area contributed by atoms with Gasteiger partial charge >= 0.3 is 5.97 Å². The largest absolute Gasteiger partial charge is 0.461 e. The molecule has 0 aliphatic carbocycles. The zero-order valence-corrected chi connectivity index (χ0v) is 12.5. The predicted octanol–water partition coefficient (Wildman–Crippen LogP) is 2.26. The van der Waals surface area contributed by atoms with E-state index in [1.165, 1.54) is 23.8 Å². The molecular formula is C8H13BrN2O3S2. The molecule has 0 bridgehead atoms. The number of carbonyl (C=O) groups excluding carboxylic acids is 1. The van der Waals surface area contributed by atoms with Gasteiger partial charge in [0.1, 0.15) is 0 Å². The standard InChI is InChI=1S/C8H12N2O3S2.BrH/c1-4-13-7(11)6-5-14-8(9-6)10-15(2,3)12;/h5H,4H2,1-3H3;1H. The molecule has 1 aromatic heterocycles. The van der Waals surface area contributed by atoms with E-state index in [1.807, 2.05) is 0 Å². The number of rotatable bonds is 3. The van der Waals surface area contributed by atoms with E-state index in [4.69, 9.17) is 4.74 Å². The molecule has 1 rings (SSSR count). The highest BCUT2D eigenvalue weighted by atomic mass is 79.9. The quantitative estimate of drug-likeness (QED) is 0.798. The number of thiazole rings is 1. The van der Waals surface area contributed by atoms with E-state index >= 15 is 0 Å². The van der Waals surface area contributed by atoms with Crippen LogP contribution in [0.1, 0.15) is 17.4 Å². The third kappa shape index (κ3) is 5.04. The molecule has 0 N–H and O–H groups in total. The van der Waals surface area contributed by atoms with Gasteiger partial charge in [-0.2, -0.15) is 4.36 Å². The Bertz CT molecular complexity index is 469. The van der Waals surface area contributed by atoms with E-state index in [0.29, 0.717) is 11.7 Å². The zero-order valence-electron chi connectivity index (χ0n) is 9.13. The van der Waals surface area contributed by atoms with Crippen LogP contribution in [0.4, 0.5) is 5.13 Å². The molecular weight excluding hydrogens is 316 g/mol. The van der Waals surface area contributed by atoms with Gasteiger partial charge in [-0.25, -0.2) is 14.0 Å². The topological polar surface area (TPSA) is 68.6 Å². The van der Waals surface area contributed by atoms with Crippen molar-refractivity contribution in [1.29, 1.82) is 0 Å². The van der Waals surface area contributed by atoms with Gasteiger partial charge in [0.15, 0.2) is 5.69 Å². The Hall–Kier alpha value is -0.470. The molecule has 0 aliphatic heterocycles. The first-order valence-electron chi connectivity index (χ1n) is 4.22. The monoisotopic (exact) mass is 328 g/mol. The molecule has 1 heterocycles. The molecule has 0 saturated heterocycles. The summed E-state index contributed by atoms with van der Waals surface area (Å²) in [5.41, 5.74) is 0.212. The number of halogens is 1. The molecule has 0 spiro atoms. The van der Waals surface area contributed by atoms with E-state index in [-0.39, 0.29) is 22.7 Å². The normalized spacial score (nSPS) is 10.4. The number of hydrogen-bond donors (Lipinski definition) is 0. The third-order valence-corrected chi connectivity index (χ3v) is 2.74. The van der Waals surface area contributed by atoms with E-state index in [0.717, 1.165) is 0 Å². The van der Waals surface area contributed by atoms with Crippen LogP contribution >= 0.6 is 28.3 Å². The number of hydrogen-bond acceptors (Lipinski definition) is 6. The van der Waals surface area contributed by atoms with Crippen molar-refractivity contribution in [2.24, 2.45) is 4.36 Å². The van der Waals surface area contributed by atoms with Gasteiger partial charge in [-0.1, -0.05) is 0 Å². The van der Waals surface area contributed by atoms with Crippen LogP contribution < -0.4 is 0 Å². The number of nitrogens with zero attached hydrogens (tertiary/aromatic N) is 2. The molecule has 0 amide bonds. The molecule has 0 atom stereocenters. The summed E-state index contributed by atoms with van der Waals surface area (Å²) in [5.74, 6) is -0.478. The van der Waals surface area contributed by atoms with Crippen LogP contribution in [0.15, 0.2) is 9.74 Å². The van der Waals surface area contributed by atoms with E-state index in [9.17, 15) is 9.00 Å². The first-order chi connectivity index (χ1) is 6.92. The maximum atomic E-state index is 11.3. The maximum Gasteiger partial charge on any atom is 0.357 e. The van der Waals surface area contributed by atoms with Crippen molar-refractivity contribution in [3.63, 3.8) is 0 Å². The molecule has 0 aromatic carbocycles. The maximum absolute atomic E-state index is 11.3. The van der Waals surface area contributed by atoms with Gasteiger partial charge < -0.3 is 4.74 Å². The highest BCUT2D eigenvalue weighted by molar-refractivity contribution is 8.93. The van der Waals surface area contributed by atoms with Crippen LogP contribution in [0.5, 0.6) is 0 Å². The van der Waals surface area contributed by atoms with Crippen molar-refractivity contribution >= 4 is 49.1 Å². The van der Waals surface area contributed by atoms with Crippen molar-refractivity contribution in [1.82, 2.24) is 4.98 Å². The molecule has 1 aromatic rings. The van der Waals surface area contributed by atoms with Gasteiger partial charge in [0.05, 0.1) is 6.61 Å². The second-order valence-electron chi connectivity index (χ2n) is 3.01. The van der Waals surface area contributed by atoms with Crippen LogP contribution in [-0.4, -0.2) is 34.3 Å². The summed E-state index contributed by atoms with van der Waals surface area (Å²) in [6.45, 7) is 2.03. The average Bonchev–Trinajstić information content (AvgIpc) is 2.50. The summed E-state index contributed by atoms with van der Waals surface area (Å²) in [6, 6.07) is 0. The Morgan fingerprint density at radius 1 is 1.62 bits per heavy atom. The minimum Gasteiger partial charge on any atom is -0.461 e. The van der Waals surface area contributed by atoms with Gasteiger partial charge in [-0.3, -0.25) is 0 Å². The smallest absolute Gasteiger partial charge is 0.357 e. The van der Waals surface area contributed by atoms with Crippen LogP contribution in [-0.2, 0) is 14.5 Å². The Labute approximate surface area is 109 Å². The molecule has 92 valence electrons. The number of esters is 1. The summed E-state index contributed by atoms with van der Waals surface area (Å²) >= 11 is 1.17. The molecule has 5 nitrogen and oxygen atoms in total. The molecule has 0 unspecified atom stereocenters. The Balaban J connectivity index is 0.00000225. The van der Waals surface area contributed by atoms with E-state index in [1.54, 1.807) is 12.3 Å². The lowest BCUT2D eigenvalue weighted by molar-refractivity contribution is 0.0520. The Morgan fingerprint density at radius 3 is 2.75 bits per heavy atom. The van der Waals surface area contributed by atoms with E-state index in [2.05, 4.69) is 9.35 Å².